The van der Waals surface area contributed by atoms with E-state index in [1.54, 1.807) is 0 Å². The first-order valence-electron chi connectivity index (χ1n) is 6.41. The van der Waals surface area contributed by atoms with E-state index in [0.29, 0.717) is 13.0 Å². The lowest BCUT2D eigenvalue weighted by molar-refractivity contribution is -0.107. The van der Waals surface area contributed by atoms with Crippen molar-refractivity contribution in [3.63, 3.8) is 0 Å². The number of aldehydes is 1. The van der Waals surface area contributed by atoms with Crippen molar-refractivity contribution < 1.29 is 9.53 Å². The Bertz CT molecular complexity index is 536. The van der Waals surface area contributed by atoms with E-state index in [4.69, 9.17) is 4.74 Å². The van der Waals surface area contributed by atoms with E-state index in [9.17, 15) is 4.79 Å². The largest absolute Gasteiger partial charge is 0.488 e. The number of carbonyl (C=O) groups excluding carboxylic acids is 1. The highest BCUT2D eigenvalue weighted by atomic mass is 16.5. The van der Waals surface area contributed by atoms with Gasteiger partial charge in [0, 0.05) is 6.42 Å². The molecule has 0 unspecified atom stereocenters. The molecule has 0 amide bonds. The van der Waals surface area contributed by atoms with Crippen LogP contribution in [0, 0.1) is 13.8 Å². The molecular weight excluding hydrogens is 236 g/mol. The van der Waals surface area contributed by atoms with Crippen LogP contribution >= 0.6 is 0 Å². The van der Waals surface area contributed by atoms with Crippen molar-refractivity contribution in [3.8, 4) is 5.75 Å². The van der Waals surface area contributed by atoms with Crippen LogP contribution in [0.3, 0.4) is 0 Å². The number of hydrogen-bond donors (Lipinski definition) is 0. The fourth-order valence-corrected chi connectivity index (χ4v) is 2.21. The quantitative estimate of drug-likeness (QED) is 0.762. The number of rotatable bonds is 5. The molecule has 0 N–H and O–H groups in total. The van der Waals surface area contributed by atoms with E-state index in [1.165, 1.54) is 0 Å². The summed E-state index contributed by atoms with van der Waals surface area (Å²) in [7, 11) is 0. The van der Waals surface area contributed by atoms with Crippen molar-refractivity contribution in [2.75, 3.05) is 0 Å². The van der Waals surface area contributed by atoms with Crippen LogP contribution in [0.25, 0.3) is 0 Å². The topological polar surface area (TPSA) is 26.3 Å². The van der Waals surface area contributed by atoms with E-state index >= 15 is 0 Å². The monoisotopic (exact) mass is 254 g/mol. The summed E-state index contributed by atoms with van der Waals surface area (Å²) in [6, 6.07) is 14.1. The summed E-state index contributed by atoms with van der Waals surface area (Å²) in [5.74, 6) is 0.915. The Morgan fingerprint density at radius 1 is 1.00 bits per heavy atom. The third-order valence-corrected chi connectivity index (χ3v) is 3.07. The van der Waals surface area contributed by atoms with E-state index in [2.05, 4.69) is 0 Å². The number of carbonyl (C=O) groups is 1. The fourth-order valence-electron chi connectivity index (χ4n) is 2.21. The zero-order valence-electron chi connectivity index (χ0n) is 11.3. The molecule has 0 aromatic heterocycles. The van der Waals surface area contributed by atoms with Crippen LogP contribution in [0.1, 0.15) is 22.3 Å². The first-order chi connectivity index (χ1) is 9.20. The molecule has 0 saturated carbocycles. The smallest absolute Gasteiger partial charge is 0.125 e. The minimum Gasteiger partial charge on any atom is -0.488 e. The summed E-state index contributed by atoms with van der Waals surface area (Å²) < 4.78 is 5.90. The molecule has 0 heterocycles. The standard InChI is InChI=1S/C17H18O2/c1-13-10-16(8-9-18)11-14(2)17(13)19-12-15-6-4-3-5-7-15/h3-7,9-11H,8,12H2,1-2H3. The molecule has 0 atom stereocenters. The molecule has 0 spiro atoms. The molecular formula is C17H18O2. The fraction of sp³-hybridized carbons (Fsp3) is 0.235. The number of aryl methyl sites for hydroxylation is 2. The average molecular weight is 254 g/mol. The summed E-state index contributed by atoms with van der Waals surface area (Å²) in [6.07, 6.45) is 1.39. The molecule has 98 valence electrons. The summed E-state index contributed by atoms with van der Waals surface area (Å²) in [5, 5.41) is 0. The molecule has 0 aliphatic carbocycles. The van der Waals surface area contributed by atoms with Crippen LogP contribution in [-0.4, -0.2) is 6.29 Å². The first kappa shape index (κ1) is 13.3. The number of ether oxygens (including phenoxy) is 1. The Balaban J connectivity index is 2.14. The molecule has 2 rings (SSSR count). The highest BCUT2D eigenvalue weighted by Crippen LogP contribution is 2.25. The van der Waals surface area contributed by atoms with Gasteiger partial charge in [0.05, 0.1) is 0 Å². The second-order valence-electron chi connectivity index (χ2n) is 4.70. The van der Waals surface area contributed by atoms with E-state index in [-0.39, 0.29) is 0 Å². The van der Waals surface area contributed by atoms with Gasteiger partial charge in [-0.3, -0.25) is 0 Å². The van der Waals surface area contributed by atoms with Gasteiger partial charge >= 0.3 is 0 Å². The maximum atomic E-state index is 10.6. The molecule has 2 aromatic carbocycles. The van der Waals surface area contributed by atoms with Crippen molar-refractivity contribution in [1.82, 2.24) is 0 Å². The average Bonchev–Trinajstić information content (AvgIpc) is 2.39. The van der Waals surface area contributed by atoms with Crippen molar-refractivity contribution in [2.45, 2.75) is 26.9 Å². The molecule has 0 fully saturated rings. The SMILES string of the molecule is Cc1cc(CC=O)cc(C)c1OCc1ccccc1. The minimum atomic E-state index is 0.459. The summed E-state index contributed by atoms with van der Waals surface area (Å²) in [6.45, 7) is 4.60. The van der Waals surface area contributed by atoms with Crippen molar-refractivity contribution >= 4 is 6.29 Å². The second kappa shape index (κ2) is 6.19. The van der Waals surface area contributed by atoms with Crippen molar-refractivity contribution in [2.24, 2.45) is 0 Å². The number of benzene rings is 2. The van der Waals surface area contributed by atoms with Crippen LogP contribution in [0.4, 0.5) is 0 Å². The predicted molar refractivity (Wildman–Crippen MR) is 76.5 cm³/mol. The maximum absolute atomic E-state index is 10.6. The predicted octanol–water partition coefficient (Wildman–Crippen LogP) is 3.62. The van der Waals surface area contributed by atoms with Gasteiger partial charge < -0.3 is 9.53 Å². The lowest BCUT2D eigenvalue weighted by atomic mass is 10.0. The van der Waals surface area contributed by atoms with Crippen LogP contribution < -0.4 is 4.74 Å². The van der Waals surface area contributed by atoms with Gasteiger partial charge in [-0.25, -0.2) is 0 Å². The molecule has 0 aliphatic rings. The van der Waals surface area contributed by atoms with Gasteiger partial charge in [-0.1, -0.05) is 42.5 Å². The van der Waals surface area contributed by atoms with Crippen LogP contribution in [0.15, 0.2) is 42.5 Å². The van der Waals surface area contributed by atoms with Gasteiger partial charge in [0.1, 0.15) is 18.6 Å². The zero-order valence-corrected chi connectivity index (χ0v) is 11.3. The summed E-state index contributed by atoms with van der Waals surface area (Å²) in [5.41, 5.74) is 4.34. The lowest BCUT2D eigenvalue weighted by Crippen LogP contribution is -2.00. The maximum Gasteiger partial charge on any atom is 0.125 e. The zero-order chi connectivity index (χ0) is 13.7. The van der Waals surface area contributed by atoms with Gasteiger partial charge in [-0.15, -0.1) is 0 Å². The molecule has 0 bridgehead atoms. The summed E-state index contributed by atoms with van der Waals surface area (Å²) >= 11 is 0. The Morgan fingerprint density at radius 2 is 1.63 bits per heavy atom. The van der Waals surface area contributed by atoms with Gasteiger partial charge in [0.15, 0.2) is 0 Å². The van der Waals surface area contributed by atoms with Crippen LogP contribution in [0.2, 0.25) is 0 Å². The minimum absolute atomic E-state index is 0.459. The normalized spacial score (nSPS) is 10.2. The van der Waals surface area contributed by atoms with Gasteiger partial charge in [-0.05, 0) is 36.1 Å². The van der Waals surface area contributed by atoms with Crippen molar-refractivity contribution in [3.05, 3.63) is 64.7 Å². The molecule has 2 aromatic rings. The van der Waals surface area contributed by atoms with Gasteiger partial charge in [0.25, 0.3) is 0 Å². The molecule has 0 saturated heterocycles. The van der Waals surface area contributed by atoms with E-state index in [0.717, 1.165) is 34.3 Å². The van der Waals surface area contributed by atoms with Gasteiger partial charge in [-0.2, -0.15) is 0 Å². The Hall–Kier alpha value is -2.09. The second-order valence-corrected chi connectivity index (χ2v) is 4.70. The van der Waals surface area contributed by atoms with Crippen LogP contribution in [0.5, 0.6) is 5.75 Å². The molecule has 0 aliphatic heterocycles. The van der Waals surface area contributed by atoms with Crippen molar-refractivity contribution in [1.29, 1.82) is 0 Å². The third kappa shape index (κ3) is 3.44. The van der Waals surface area contributed by atoms with Crippen LogP contribution in [-0.2, 0) is 17.8 Å². The third-order valence-electron chi connectivity index (χ3n) is 3.07. The molecule has 2 heteroatoms. The van der Waals surface area contributed by atoms with E-state index in [1.807, 2.05) is 56.3 Å². The first-order valence-corrected chi connectivity index (χ1v) is 6.41. The Kier molecular flexibility index (Phi) is 4.35. The molecule has 0 radical (unpaired) electrons. The highest BCUT2D eigenvalue weighted by Gasteiger charge is 2.06. The summed E-state index contributed by atoms with van der Waals surface area (Å²) in [4.78, 5) is 10.6. The highest BCUT2D eigenvalue weighted by molar-refractivity contribution is 5.57. The lowest BCUT2D eigenvalue weighted by Gasteiger charge is -2.13. The Labute approximate surface area is 114 Å². The Morgan fingerprint density at radius 3 is 2.21 bits per heavy atom. The number of hydrogen-bond acceptors (Lipinski definition) is 2. The molecule has 19 heavy (non-hydrogen) atoms. The van der Waals surface area contributed by atoms with Gasteiger partial charge in [0.2, 0.25) is 0 Å². The molecule has 2 nitrogen and oxygen atoms in total. The van der Waals surface area contributed by atoms with E-state index < -0.39 is 0 Å².